The van der Waals surface area contributed by atoms with E-state index in [1.54, 1.807) is 22.6 Å². The molecule has 0 fully saturated rings. The first-order valence-electron chi connectivity index (χ1n) is 3.15. The average molecular weight is 317 g/mol. The molecule has 0 amide bonds. The van der Waals surface area contributed by atoms with E-state index >= 15 is 0 Å². The molecule has 0 aliphatic heterocycles. The highest BCUT2D eigenvalue weighted by atomic mass is 127. The summed E-state index contributed by atoms with van der Waals surface area (Å²) < 4.78 is 24.7. The van der Waals surface area contributed by atoms with Gasteiger partial charge in [0.15, 0.2) is 6.29 Å². The van der Waals surface area contributed by atoms with Crippen molar-refractivity contribution in [2.45, 2.75) is 6.43 Å². The van der Waals surface area contributed by atoms with Crippen LogP contribution >= 0.6 is 34.2 Å². The van der Waals surface area contributed by atoms with E-state index in [4.69, 9.17) is 11.6 Å². The van der Waals surface area contributed by atoms with E-state index < -0.39 is 6.43 Å². The van der Waals surface area contributed by atoms with E-state index in [9.17, 15) is 13.6 Å². The van der Waals surface area contributed by atoms with Crippen LogP contribution in [0.1, 0.15) is 22.3 Å². The number of halogens is 4. The van der Waals surface area contributed by atoms with Crippen molar-refractivity contribution >= 4 is 40.5 Å². The van der Waals surface area contributed by atoms with Crippen LogP contribution < -0.4 is 0 Å². The first-order valence-corrected chi connectivity index (χ1v) is 4.60. The molecule has 0 spiro atoms. The monoisotopic (exact) mass is 317 g/mol. The zero-order valence-corrected chi connectivity index (χ0v) is 9.01. The van der Waals surface area contributed by atoms with Crippen LogP contribution in [0.5, 0.6) is 0 Å². The Bertz CT molecular complexity index is 346. The first kappa shape index (κ1) is 10.8. The standard InChI is InChI=1S/C7H3ClF2INO/c8-6-4(2-13)5(11)3(1-12-6)7(9)10/h1-2,7H. The predicted molar refractivity (Wildman–Crippen MR) is 52.3 cm³/mol. The van der Waals surface area contributed by atoms with E-state index in [0.717, 1.165) is 6.20 Å². The van der Waals surface area contributed by atoms with Crippen LogP contribution in [-0.4, -0.2) is 11.3 Å². The molecular formula is C7H3ClF2INO. The van der Waals surface area contributed by atoms with E-state index in [2.05, 4.69) is 4.98 Å². The molecule has 6 heteroatoms. The number of hydrogen-bond donors (Lipinski definition) is 0. The van der Waals surface area contributed by atoms with Gasteiger partial charge >= 0.3 is 0 Å². The van der Waals surface area contributed by atoms with Crippen LogP contribution in [0, 0.1) is 3.57 Å². The molecule has 0 aromatic carbocycles. The summed E-state index contributed by atoms with van der Waals surface area (Å²) in [7, 11) is 0. The van der Waals surface area contributed by atoms with Crippen LogP contribution in [0.4, 0.5) is 8.78 Å². The Morgan fingerprint density at radius 3 is 2.69 bits per heavy atom. The van der Waals surface area contributed by atoms with Gasteiger partial charge in [0.1, 0.15) is 5.15 Å². The van der Waals surface area contributed by atoms with Gasteiger partial charge in [-0.15, -0.1) is 0 Å². The third-order valence-corrected chi connectivity index (χ3v) is 2.89. The van der Waals surface area contributed by atoms with Gasteiger partial charge in [0, 0.05) is 9.77 Å². The minimum Gasteiger partial charge on any atom is -0.298 e. The SMILES string of the molecule is O=Cc1c(Cl)ncc(C(F)F)c1I. The largest absolute Gasteiger partial charge is 0.298 e. The molecule has 0 saturated heterocycles. The number of hydrogen-bond acceptors (Lipinski definition) is 2. The number of carbonyl (C=O) groups excluding carboxylic acids is 1. The third-order valence-electron chi connectivity index (χ3n) is 1.38. The van der Waals surface area contributed by atoms with E-state index in [0.29, 0.717) is 6.29 Å². The zero-order chi connectivity index (χ0) is 10.0. The van der Waals surface area contributed by atoms with Crippen molar-refractivity contribution < 1.29 is 13.6 Å². The van der Waals surface area contributed by atoms with Crippen molar-refractivity contribution in [2.75, 3.05) is 0 Å². The summed E-state index contributed by atoms with van der Waals surface area (Å²) in [5, 5.41) is -0.0520. The number of carbonyl (C=O) groups is 1. The van der Waals surface area contributed by atoms with Crippen molar-refractivity contribution in [3.63, 3.8) is 0 Å². The maximum absolute atomic E-state index is 12.3. The van der Waals surface area contributed by atoms with Crippen LogP contribution in [0.3, 0.4) is 0 Å². The van der Waals surface area contributed by atoms with Crippen LogP contribution in [0.15, 0.2) is 6.20 Å². The van der Waals surface area contributed by atoms with Gasteiger partial charge in [-0.1, -0.05) is 11.6 Å². The molecule has 1 rings (SSSR count). The molecule has 0 N–H and O–H groups in total. The lowest BCUT2D eigenvalue weighted by Crippen LogP contribution is -1.98. The number of aldehydes is 1. The molecule has 0 aliphatic rings. The van der Waals surface area contributed by atoms with E-state index in [1.165, 1.54) is 0 Å². The third kappa shape index (κ3) is 2.14. The summed E-state index contributed by atoms with van der Waals surface area (Å²) in [6.45, 7) is 0. The van der Waals surface area contributed by atoms with Gasteiger partial charge in [0.25, 0.3) is 6.43 Å². The fourth-order valence-electron chi connectivity index (χ4n) is 0.751. The van der Waals surface area contributed by atoms with E-state index in [1.807, 2.05) is 0 Å². The zero-order valence-electron chi connectivity index (χ0n) is 6.10. The van der Waals surface area contributed by atoms with Crippen molar-refractivity contribution in [1.82, 2.24) is 4.98 Å². The van der Waals surface area contributed by atoms with Gasteiger partial charge in [-0.3, -0.25) is 4.79 Å². The second-order valence-corrected chi connectivity index (χ2v) is 3.59. The molecule has 0 saturated carbocycles. The molecule has 2 nitrogen and oxygen atoms in total. The molecule has 13 heavy (non-hydrogen) atoms. The Morgan fingerprint density at radius 2 is 2.23 bits per heavy atom. The fourth-order valence-corrected chi connectivity index (χ4v) is 1.86. The van der Waals surface area contributed by atoms with Crippen LogP contribution in [0.25, 0.3) is 0 Å². The molecule has 0 aliphatic carbocycles. The Kier molecular flexibility index (Phi) is 3.55. The quantitative estimate of drug-likeness (QED) is 0.477. The number of nitrogens with zero attached hydrogens (tertiary/aromatic N) is 1. The average Bonchev–Trinajstić information content (AvgIpc) is 2.04. The topological polar surface area (TPSA) is 30.0 Å². The number of pyridine rings is 1. The molecule has 0 radical (unpaired) electrons. The summed E-state index contributed by atoms with van der Waals surface area (Å²) in [5.74, 6) is 0. The Balaban J connectivity index is 3.35. The molecule has 0 bridgehead atoms. The summed E-state index contributed by atoms with van der Waals surface area (Å²) in [4.78, 5) is 13.9. The van der Waals surface area contributed by atoms with Gasteiger partial charge in [0.05, 0.1) is 11.1 Å². The maximum atomic E-state index is 12.3. The highest BCUT2D eigenvalue weighted by Crippen LogP contribution is 2.28. The summed E-state index contributed by atoms with van der Waals surface area (Å²) >= 11 is 7.16. The van der Waals surface area contributed by atoms with Crippen LogP contribution in [0.2, 0.25) is 5.15 Å². The van der Waals surface area contributed by atoms with Gasteiger partial charge in [-0.25, -0.2) is 13.8 Å². The summed E-state index contributed by atoms with van der Waals surface area (Å²) in [6, 6.07) is 0. The fraction of sp³-hybridized carbons (Fsp3) is 0.143. The normalized spacial score (nSPS) is 10.5. The molecule has 70 valence electrons. The summed E-state index contributed by atoms with van der Waals surface area (Å²) in [6.07, 6.45) is -1.25. The second kappa shape index (κ2) is 4.28. The molecule has 1 aromatic heterocycles. The lowest BCUT2D eigenvalue weighted by molar-refractivity contribution is 0.112. The number of aromatic nitrogens is 1. The van der Waals surface area contributed by atoms with Crippen LogP contribution in [-0.2, 0) is 0 Å². The van der Waals surface area contributed by atoms with E-state index in [-0.39, 0.29) is 19.9 Å². The Hall–Kier alpha value is -0.300. The Labute approximate surface area is 91.4 Å². The summed E-state index contributed by atoms with van der Waals surface area (Å²) in [5.41, 5.74) is -0.257. The minimum atomic E-state index is -2.64. The smallest absolute Gasteiger partial charge is 0.266 e. The van der Waals surface area contributed by atoms with Crippen molar-refractivity contribution in [2.24, 2.45) is 0 Å². The van der Waals surface area contributed by atoms with Crippen molar-refractivity contribution in [3.05, 3.63) is 26.0 Å². The van der Waals surface area contributed by atoms with Gasteiger partial charge in [0.2, 0.25) is 0 Å². The van der Waals surface area contributed by atoms with Gasteiger partial charge < -0.3 is 0 Å². The highest BCUT2D eigenvalue weighted by molar-refractivity contribution is 14.1. The molecular weight excluding hydrogens is 314 g/mol. The van der Waals surface area contributed by atoms with Crippen molar-refractivity contribution in [1.29, 1.82) is 0 Å². The highest BCUT2D eigenvalue weighted by Gasteiger charge is 2.17. The first-order chi connectivity index (χ1) is 6.07. The molecule has 1 aromatic rings. The lowest BCUT2D eigenvalue weighted by Gasteiger charge is -2.05. The Morgan fingerprint density at radius 1 is 1.62 bits per heavy atom. The molecule has 1 heterocycles. The molecule has 0 atom stereocenters. The number of rotatable bonds is 2. The lowest BCUT2D eigenvalue weighted by atomic mass is 10.2. The predicted octanol–water partition coefficient (Wildman–Crippen LogP) is 3.09. The van der Waals surface area contributed by atoms with Gasteiger partial charge in [-0.05, 0) is 22.6 Å². The number of alkyl halides is 2. The maximum Gasteiger partial charge on any atom is 0.266 e. The second-order valence-electron chi connectivity index (χ2n) is 2.15. The molecule has 0 unspecified atom stereocenters. The minimum absolute atomic E-state index is 0.0140. The van der Waals surface area contributed by atoms with Crippen molar-refractivity contribution in [3.8, 4) is 0 Å². The van der Waals surface area contributed by atoms with Gasteiger partial charge in [-0.2, -0.15) is 0 Å².